The zero-order valence-corrected chi connectivity index (χ0v) is 41.7. The van der Waals surface area contributed by atoms with Crippen molar-refractivity contribution in [3.05, 3.63) is 162 Å². The first kappa shape index (κ1) is 44.0. The number of hydrogen-bond acceptors (Lipinski definition) is 8. The van der Waals surface area contributed by atoms with Gasteiger partial charge in [0.05, 0.1) is 0 Å². The Morgan fingerprint density at radius 1 is 0.455 bits per heavy atom. The van der Waals surface area contributed by atoms with Crippen LogP contribution in [0.5, 0.6) is 34.5 Å². The summed E-state index contributed by atoms with van der Waals surface area (Å²) in [7, 11) is -5.95. The zero-order valence-electron chi connectivity index (χ0n) is 40.8. The van der Waals surface area contributed by atoms with Crippen LogP contribution in [-0.4, -0.2) is 29.2 Å². The molecule has 5 aliphatic heterocycles. The van der Waals surface area contributed by atoms with E-state index < -0.39 is 13.1 Å². The third-order valence-corrected chi connectivity index (χ3v) is 18.6. The predicted molar refractivity (Wildman–Crippen MR) is 262 cm³/mol. The maximum atomic E-state index is 6.91. The van der Waals surface area contributed by atoms with Gasteiger partial charge in [0.1, 0.15) is 12.7 Å². The monoisotopic (exact) mass is 907 g/mol. The van der Waals surface area contributed by atoms with E-state index in [9.17, 15) is 0 Å². The zero-order chi connectivity index (χ0) is 46.9. The fourth-order valence-corrected chi connectivity index (χ4v) is 14.3. The molecule has 0 radical (unpaired) electrons. The van der Waals surface area contributed by atoms with Crippen LogP contribution in [0.2, 0.25) is 0 Å². The van der Waals surface area contributed by atoms with Crippen LogP contribution < -0.4 is 27.1 Å². The second-order valence-corrected chi connectivity index (χ2v) is 22.7. The van der Waals surface area contributed by atoms with Crippen molar-refractivity contribution < 1.29 is 41.2 Å². The molecule has 9 nitrogen and oxygen atoms in total. The summed E-state index contributed by atoms with van der Waals surface area (Å²) in [4.78, 5) is 0. The number of ether oxygens (including phenoxy) is 2. The molecule has 0 bridgehead atoms. The molecule has 6 aromatic carbocycles. The van der Waals surface area contributed by atoms with Gasteiger partial charge in [0.15, 0.2) is 18.5 Å². The van der Waals surface area contributed by atoms with Gasteiger partial charge in [-0.1, -0.05) is 72.8 Å². The summed E-state index contributed by atoms with van der Waals surface area (Å²) in [5.41, 5.74) is 18.6. The molecule has 0 saturated carbocycles. The van der Waals surface area contributed by atoms with Crippen molar-refractivity contribution in [3.63, 3.8) is 0 Å². The van der Waals surface area contributed by atoms with E-state index >= 15 is 0 Å². The SMILES string of the molecule is CC1(C)OC[C@H]([N+]2=Cc3ccccc3-c3ccccc3C2)[C@H](c2ccccc2)O1.Cc1c(C)c(C)c2c(c1C)O[P-]13(O2)(Oc2c(C)c(C)c(C)c(C)c2O1)Oc1c(C)c(C)c(C)c(C)c1O3. The van der Waals surface area contributed by atoms with E-state index in [1.807, 2.05) is 61.5 Å². The third kappa shape index (κ3) is 6.33. The average molecular weight is 908 g/mol. The van der Waals surface area contributed by atoms with Crippen molar-refractivity contribution in [1.29, 1.82) is 0 Å². The van der Waals surface area contributed by atoms with Crippen molar-refractivity contribution in [2.24, 2.45) is 0 Å². The predicted octanol–water partition coefficient (Wildman–Crippen LogP) is 13.9. The summed E-state index contributed by atoms with van der Waals surface area (Å²) in [5.74, 6) is 2.59. The molecule has 1 spiro atoms. The molecule has 0 aliphatic carbocycles. The van der Waals surface area contributed by atoms with E-state index in [1.54, 1.807) is 0 Å². The van der Waals surface area contributed by atoms with Crippen LogP contribution in [-0.2, 0) is 16.0 Å². The minimum absolute atomic E-state index is 0.0615. The van der Waals surface area contributed by atoms with Gasteiger partial charge < -0.3 is 9.47 Å². The second-order valence-electron chi connectivity index (χ2n) is 19.4. The van der Waals surface area contributed by atoms with Crippen molar-refractivity contribution in [2.45, 2.75) is 121 Å². The number of nitrogens with zero attached hydrogens (tertiary/aromatic N) is 1. The van der Waals surface area contributed by atoms with Crippen molar-refractivity contribution >= 4 is 13.5 Å². The number of fused-ring (bicyclic) bond motifs is 6. The van der Waals surface area contributed by atoms with Gasteiger partial charge in [-0.15, -0.1) is 0 Å². The maximum absolute atomic E-state index is 6.91. The number of benzene rings is 6. The molecule has 10 heteroatoms. The molecule has 11 rings (SSSR count). The van der Waals surface area contributed by atoms with Gasteiger partial charge in [0, 0.05) is 11.1 Å². The molecular weight excluding hydrogens is 846 g/mol. The van der Waals surface area contributed by atoms with Gasteiger partial charge >= 0.3 is 219 Å². The minimum atomic E-state index is -5.95. The van der Waals surface area contributed by atoms with E-state index in [-0.39, 0.29) is 12.1 Å². The average Bonchev–Trinajstić information content (AvgIpc) is 3.88. The molecule has 66 heavy (non-hydrogen) atoms. The van der Waals surface area contributed by atoms with E-state index in [4.69, 9.17) is 36.6 Å². The Kier molecular flexibility index (Phi) is 9.71. The Balaban J connectivity index is 0.000000160. The molecule has 0 amide bonds. The Labute approximate surface area is 389 Å². The van der Waals surface area contributed by atoms with Crippen LogP contribution in [0.1, 0.15) is 103 Å². The van der Waals surface area contributed by atoms with Crippen molar-refractivity contribution in [2.75, 3.05) is 6.61 Å². The van der Waals surface area contributed by atoms with E-state index in [2.05, 4.69) is 125 Å². The first-order chi connectivity index (χ1) is 31.2. The van der Waals surface area contributed by atoms with Crippen LogP contribution in [0.3, 0.4) is 0 Å². The van der Waals surface area contributed by atoms with E-state index in [0.29, 0.717) is 41.1 Å². The normalized spacial score (nSPS) is 21.3. The van der Waals surface area contributed by atoms with Gasteiger partial charge in [-0.2, -0.15) is 0 Å². The Morgan fingerprint density at radius 2 is 0.833 bits per heavy atom. The summed E-state index contributed by atoms with van der Waals surface area (Å²) in [6.07, 6.45) is 2.22. The van der Waals surface area contributed by atoms with Crippen LogP contribution >= 0.6 is 7.31 Å². The van der Waals surface area contributed by atoms with Crippen LogP contribution in [0.25, 0.3) is 11.1 Å². The van der Waals surface area contributed by atoms with E-state index in [1.165, 1.54) is 27.8 Å². The molecule has 6 aromatic rings. The van der Waals surface area contributed by atoms with E-state index in [0.717, 1.165) is 73.3 Å². The summed E-state index contributed by atoms with van der Waals surface area (Å²) >= 11 is 0. The standard InChI is InChI=1S/C30H36O6P.C26H26NO2/c1-13-14(2)20(8)26-25(19(13)7)31-37(32-26,33-27-21(9)15(3)16(4)22(10)28(27)34-37)35-29-23(11)17(5)18(6)24(12)30(29)36-37;1-26(2)28-18-24(25(29-26)19-10-4-3-5-11-19)27-16-20-12-6-8-14-22(20)23-15-9-7-13-21(23)17-27/h1-12H3;3-16,24-25H,17-18H2,1-2H3/q-1;+1/t;24-,25-/m.0/s1. The molecule has 1 fully saturated rings. The van der Waals surface area contributed by atoms with Gasteiger partial charge in [-0.05, 0) is 36.6 Å². The fraction of sp³-hybridized carbons (Fsp3) is 0.339. The summed E-state index contributed by atoms with van der Waals surface area (Å²) in [6.45, 7) is 30.0. The van der Waals surface area contributed by atoms with Gasteiger partial charge in [-0.25, -0.2) is 4.58 Å². The number of hydrogen-bond donors (Lipinski definition) is 0. The Bertz CT molecular complexity index is 2790. The molecule has 2 atom stereocenters. The summed E-state index contributed by atoms with van der Waals surface area (Å²) < 4.78 is 56.4. The van der Waals surface area contributed by atoms with Gasteiger partial charge in [-0.3, -0.25) is 0 Å². The third-order valence-electron chi connectivity index (χ3n) is 15.2. The van der Waals surface area contributed by atoms with Crippen LogP contribution in [0.4, 0.5) is 0 Å². The molecule has 5 heterocycles. The molecule has 344 valence electrons. The topological polar surface area (TPSA) is 76.9 Å². The number of rotatable bonds is 2. The summed E-state index contributed by atoms with van der Waals surface area (Å²) in [5, 5.41) is 0. The Hall–Kier alpha value is -5.86. The first-order valence-electron chi connectivity index (χ1n) is 23.1. The molecule has 0 aromatic heterocycles. The van der Waals surface area contributed by atoms with Crippen molar-refractivity contribution in [1.82, 2.24) is 0 Å². The molecule has 1 saturated heterocycles. The summed E-state index contributed by atoms with van der Waals surface area (Å²) in [6, 6.07) is 27.9. The van der Waals surface area contributed by atoms with Crippen LogP contribution in [0, 0.1) is 83.1 Å². The molecule has 5 aliphatic rings. The molecular formula is C56H62NO8P. The van der Waals surface area contributed by atoms with Crippen molar-refractivity contribution in [3.8, 4) is 45.6 Å². The fourth-order valence-electron chi connectivity index (χ4n) is 10.2. The quantitative estimate of drug-likeness (QED) is 0.126. The second kappa shape index (κ2) is 14.6. The Morgan fingerprint density at radius 3 is 1.27 bits per heavy atom. The van der Waals surface area contributed by atoms with Crippen LogP contribution in [0.15, 0.2) is 78.9 Å². The molecule has 0 unspecified atom stereocenters. The van der Waals surface area contributed by atoms with Gasteiger partial charge in [0.25, 0.3) is 0 Å². The molecule has 0 N–H and O–H groups in total. The van der Waals surface area contributed by atoms with Gasteiger partial charge in [0.2, 0.25) is 6.04 Å². The first-order valence-corrected chi connectivity index (χ1v) is 25.3.